The number of hydrogen-bond acceptors (Lipinski definition) is 3. The molecule has 2 aromatic carbocycles. The molecular formula is C19H17N3O2. The summed E-state index contributed by atoms with van der Waals surface area (Å²) in [6, 6.07) is 14.7. The second-order valence-electron chi connectivity index (χ2n) is 6.09. The topological polar surface area (TPSA) is 65.2 Å². The lowest BCUT2D eigenvalue weighted by atomic mass is 10.2. The van der Waals surface area contributed by atoms with E-state index < -0.39 is 6.04 Å². The molecular weight excluding hydrogens is 302 g/mol. The third kappa shape index (κ3) is 2.44. The summed E-state index contributed by atoms with van der Waals surface area (Å²) in [6.45, 7) is 1.94. The van der Waals surface area contributed by atoms with Crippen molar-refractivity contribution in [3.05, 3.63) is 60.3 Å². The van der Waals surface area contributed by atoms with E-state index in [9.17, 15) is 9.59 Å². The zero-order chi connectivity index (χ0) is 16.7. The van der Waals surface area contributed by atoms with Crippen LogP contribution in [-0.2, 0) is 9.59 Å². The Balaban J connectivity index is 1.58. The van der Waals surface area contributed by atoms with Gasteiger partial charge in [0, 0.05) is 17.4 Å². The van der Waals surface area contributed by atoms with Gasteiger partial charge in [-0.1, -0.05) is 18.2 Å². The summed E-state index contributed by atoms with van der Waals surface area (Å²) >= 11 is 0. The van der Waals surface area contributed by atoms with Crippen molar-refractivity contribution in [1.29, 1.82) is 0 Å². The van der Waals surface area contributed by atoms with Crippen molar-refractivity contribution >= 4 is 34.1 Å². The van der Waals surface area contributed by atoms with E-state index in [1.54, 1.807) is 6.07 Å². The van der Waals surface area contributed by atoms with Crippen molar-refractivity contribution in [3.8, 4) is 0 Å². The molecule has 0 aliphatic carbocycles. The number of aromatic nitrogens is 1. The van der Waals surface area contributed by atoms with Crippen molar-refractivity contribution < 1.29 is 9.59 Å². The Labute approximate surface area is 139 Å². The first-order valence-electron chi connectivity index (χ1n) is 7.89. The van der Waals surface area contributed by atoms with Crippen molar-refractivity contribution in [2.45, 2.75) is 19.4 Å². The number of rotatable bonds is 3. The van der Waals surface area contributed by atoms with Crippen molar-refractivity contribution in [2.24, 2.45) is 0 Å². The molecule has 1 saturated heterocycles. The first-order chi connectivity index (χ1) is 11.6. The molecule has 1 aliphatic rings. The van der Waals surface area contributed by atoms with E-state index >= 15 is 0 Å². The van der Waals surface area contributed by atoms with Crippen molar-refractivity contribution in [1.82, 2.24) is 4.98 Å². The van der Waals surface area contributed by atoms with Crippen LogP contribution in [0.1, 0.15) is 12.0 Å². The van der Waals surface area contributed by atoms with E-state index in [4.69, 9.17) is 0 Å². The fourth-order valence-electron chi connectivity index (χ4n) is 3.12. The minimum absolute atomic E-state index is 0.162. The predicted molar refractivity (Wildman–Crippen MR) is 94.0 cm³/mol. The Morgan fingerprint density at radius 2 is 2.00 bits per heavy atom. The molecule has 2 N–H and O–H groups in total. The Hall–Kier alpha value is -3.08. The molecule has 5 heteroatoms. The van der Waals surface area contributed by atoms with Crippen LogP contribution < -0.4 is 10.2 Å². The van der Waals surface area contributed by atoms with Gasteiger partial charge in [0.2, 0.25) is 5.91 Å². The Morgan fingerprint density at radius 1 is 1.12 bits per heavy atom. The number of amides is 2. The second-order valence-corrected chi connectivity index (χ2v) is 6.09. The van der Waals surface area contributed by atoms with Gasteiger partial charge in [-0.3, -0.25) is 9.59 Å². The SMILES string of the molecule is Cc1cccc(N2C(=O)CC(Nc3ccc4cc[nH]c4c3)C2=O)c1. The van der Waals surface area contributed by atoms with E-state index in [0.717, 1.165) is 22.2 Å². The highest BCUT2D eigenvalue weighted by Crippen LogP contribution is 2.26. The van der Waals surface area contributed by atoms with E-state index in [2.05, 4.69) is 10.3 Å². The second kappa shape index (κ2) is 5.53. The lowest BCUT2D eigenvalue weighted by Crippen LogP contribution is -2.34. The molecule has 2 heterocycles. The van der Waals surface area contributed by atoms with Crippen LogP contribution in [-0.4, -0.2) is 22.8 Å². The van der Waals surface area contributed by atoms with Gasteiger partial charge in [-0.05, 0) is 48.2 Å². The van der Waals surface area contributed by atoms with Crippen LogP contribution in [0.15, 0.2) is 54.7 Å². The van der Waals surface area contributed by atoms with Crippen molar-refractivity contribution in [2.75, 3.05) is 10.2 Å². The van der Waals surface area contributed by atoms with Gasteiger partial charge >= 0.3 is 0 Å². The third-order valence-electron chi connectivity index (χ3n) is 4.30. The third-order valence-corrected chi connectivity index (χ3v) is 4.30. The molecule has 3 aromatic rings. The number of nitrogens with zero attached hydrogens (tertiary/aromatic N) is 1. The zero-order valence-electron chi connectivity index (χ0n) is 13.2. The van der Waals surface area contributed by atoms with Gasteiger partial charge < -0.3 is 10.3 Å². The number of nitrogens with one attached hydrogen (secondary N) is 2. The van der Waals surface area contributed by atoms with E-state index in [-0.39, 0.29) is 18.2 Å². The van der Waals surface area contributed by atoms with Crippen LogP contribution in [0.3, 0.4) is 0 Å². The number of carbonyl (C=O) groups is 2. The quantitative estimate of drug-likeness (QED) is 0.729. The average Bonchev–Trinajstić information content (AvgIpc) is 3.12. The fourth-order valence-corrected chi connectivity index (χ4v) is 3.12. The number of hydrogen-bond donors (Lipinski definition) is 2. The Bertz CT molecular complexity index is 944. The number of H-pyrrole nitrogens is 1. The first kappa shape index (κ1) is 14.5. The molecule has 0 bridgehead atoms. The van der Waals surface area contributed by atoms with Crippen LogP contribution in [0, 0.1) is 6.92 Å². The molecule has 4 rings (SSSR count). The van der Waals surface area contributed by atoms with Crippen LogP contribution in [0.2, 0.25) is 0 Å². The maximum atomic E-state index is 12.7. The standard InChI is InChI=1S/C19H17N3O2/c1-12-3-2-4-15(9-12)22-18(23)11-17(19(22)24)21-14-6-5-13-7-8-20-16(13)10-14/h2-10,17,20-21H,11H2,1H3. The maximum absolute atomic E-state index is 12.7. The lowest BCUT2D eigenvalue weighted by molar-refractivity contribution is -0.121. The molecule has 1 aliphatic heterocycles. The molecule has 0 radical (unpaired) electrons. The highest BCUT2D eigenvalue weighted by atomic mass is 16.2. The van der Waals surface area contributed by atoms with Crippen LogP contribution in [0.4, 0.5) is 11.4 Å². The highest BCUT2D eigenvalue weighted by Gasteiger charge is 2.39. The Morgan fingerprint density at radius 3 is 2.83 bits per heavy atom. The van der Waals surface area contributed by atoms with E-state index in [0.29, 0.717) is 5.69 Å². The predicted octanol–water partition coefficient (Wildman–Crippen LogP) is 3.22. The molecule has 1 fully saturated rings. The number of aryl methyl sites for hydroxylation is 1. The molecule has 5 nitrogen and oxygen atoms in total. The molecule has 0 spiro atoms. The largest absolute Gasteiger partial charge is 0.373 e. The molecule has 2 amide bonds. The maximum Gasteiger partial charge on any atom is 0.256 e. The van der Waals surface area contributed by atoms with Gasteiger partial charge in [-0.2, -0.15) is 0 Å². The summed E-state index contributed by atoms with van der Waals surface area (Å²) < 4.78 is 0. The summed E-state index contributed by atoms with van der Waals surface area (Å²) in [4.78, 5) is 29.4. The summed E-state index contributed by atoms with van der Waals surface area (Å²) in [6.07, 6.45) is 2.04. The summed E-state index contributed by atoms with van der Waals surface area (Å²) in [5.74, 6) is -0.388. The van der Waals surface area contributed by atoms with Gasteiger partial charge in [0.05, 0.1) is 12.1 Å². The summed E-state index contributed by atoms with van der Waals surface area (Å²) in [7, 11) is 0. The normalized spacial score (nSPS) is 17.7. The van der Waals surface area contributed by atoms with Gasteiger partial charge in [-0.25, -0.2) is 4.90 Å². The number of aromatic amines is 1. The number of fused-ring (bicyclic) bond motifs is 1. The van der Waals surface area contributed by atoms with Gasteiger partial charge in [-0.15, -0.1) is 0 Å². The molecule has 1 atom stereocenters. The number of anilines is 2. The van der Waals surface area contributed by atoms with Gasteiger partial charge in [0.1, 0.15) is 6.04 Å². The zero-order valence-corrected chi connectivity index (χ0v) is 13.2. The molecule has 0 saturated carbocycles. The summed E-state index contributed by atoms with van der Waals surface area (Å²) in [5.41, 5.74) is 3.46. The van der Waals surface area contributed by atoms with Crippen LogP contribution in [0.25, 0.3) is 10.9 Å². The van der Waals surface area contributed by atoms with E-state index in [1.807, 2.05) is 55.6 Å². The highest BCUT2D eigenvalue weighted by molar-refractivity contribution is 6.23. The average molecular weight is 319 g/mol. The smallest absolute Gasteiger partial charge is 0.256 e. The number of benzene rings is 2. The number of imide groups is 1. The molecule has 120 valence electrons. The molecule has 1 unspecified atom stereocenters. The van der Waals surface area contributed by atoms with Crippen molar-refractivity contribution in [3.63, 3.8) is 0 Å². The monoisotopic (exact) mass is 319 g/mol. The van der Waals surface area contributed by atoms with Crippen LogP contribution in [0.5, 0.6) is 0 Å². The van der Waals surface area contributed by atoms with E-state index in [1.165, 1.54) is 4.90 Å². The minimum Gasteiger partial charge on any atom is -0.373 e. The number of carbonyl (C=O) groups excluding carboxylic acids is 2. The molecule has 1 aromatic heterocycles. The van der Waals surface area contributed by atoms with Gasteiger partial charge in [0.25, 0.3) is 5.91 Å². The van der Waals surface area contributed by atoms with Gasteiger partial charge in [0.15, 0.2) is 0 Å². The first-order valence-corrected chi connectivity index (χ1v) is 7.89. The minimum atomic E-state index is -0.537. The fraction of sp³-hybridized carbons (Fsp3) is 0.158. The molecule has 24 heavy (non-hydrogen) atoms. The Kier molecular flexibility index (Phi) is 3.34. The lowest BCUT2D eigenvalue weighted by Gasteiger charge is -2.16. The van der Waals surface area contributed by atoms with Crippen LogP contribution >= 0.6 is 0 Å². The summed E-state index contributed by atoms with van der Waals surface area (Å²) in [5, 5.41) is 4.29.